The Morgan fingerprint density at radius 3 is 2.54 bits per heavy atom. The van der Waals surface area contributed by atoms with Crippen LogP contribution in [0, 0.1) is 6.92 Å². The van der Waals surface area contributed by atoms with Crippen molar-refractivity contribution in [2.75, 3.05) is 20.2 Å². The van der Waals surface area contributed by atoms with Gasteiger partial charge < -0.3 is 24.8 Å². The van der Waals surface area contributed by atoms with Crippen LogP contribution in [0.25, 0.3) is 0 Å². The van der Waals surface area contributed by atoms with Gasteiger partial charge in [0, 0.05) is 26.4 Å². The number of nitrogens with one attached hydrogen (secondary N) is 1. The van der Waals surface area contributed by atoms with Crippen molar-refractivity contribution < 1.29 is 38.6 Å². The summed E-state index contributed by atoms with van der Waals surface area (Å²) in [5, 5.41) is 12.3. The van der Waals surface area contributed by atoms with Crippen molar-refractivity contribution in [1.82, 2.24) is 15.1 Å². The van der Waals surface area contributed by atoms with E-state index in [0.29, 0.717) is 25.7 Å². The highest BCUT2D eigenvalue weighted by Crippen LogP contribution is 2.36. The minimum absolute atomic E-state index is 0.169. The molecule has 2 saturated heterocycles. The maximum absolute atomic E-state index is 14.0. The Kier molecular flexibility index (Phi) is 8.77. The molecule has 1 aromatic carbocycles. The summed E-state index contributed by atoms with van der Waals surface area (Å²) in [7, 11) is 1.16. The first-order valence-electron chi connectivity index (χ1n) is 12.4. The number of carboxylic acid groups (broad SMARTS) is 1. The molecule has 2 N–H and O–H groups in total. The van der Waals surface area contributed by atoms with E-state index in [-0.39, 0.29) is 19.5 Å². The van der Waals surface area contributed by atoms with Crippen molar-refractivity contribution in [2.24, 2.45) is 0 Å². The average molecular weight is 518 g/mol. The zero-order chi connectivity index (χ0) is 27.3. The summed E-state index contributed by atoms with van der Waals surface area (Å²) in [5.41, 5.74) is 0.423. The first kappa shape index (κ1) is 27.9. The van der Waals surface area contributed by atoms with E-state index in [9.17, 15) is 29.1 Å². The third-order valence-electron chi connectivity index (χ3n) is 7.10. The molecular weight excluding hydrogens is 482 g/mol. The molecule has 0 bridgehead atoms. The van der Waals surface area contributed by atoms with E-state index >= 15 is 0 Å². The summed E-state index contributed by atoms with van der Waals surface area (Å²) in [5.74, 6) is -2.44. The van der Waals surface area contributed by atoms with Crippen molar-refractivity contribution in [3.63, 3.8) is 0 Å². The van der Waals surface area contributed by atoms with E-state index < -0.39 is 53.6 Å². The number of rotatable bonds is 8. The largest absolute Gasteiger partial charge is 0.467 e. The first-order valence-corrected chi connectivity index (χ1v) is 12.4. The maximum atomic E-state index is 14.0. The standard InChI is InChI=1S/C26H35N3O8/c1-16-8-5-9-19(14-16)15-26(24(33)27-21(23(32)36-4)17(2)37-18(3)30)11-7-13-29(26)22(31)20-10-6-12-28(20)25(34)35/h5,8-9,14,17,20-21H,6-7,10-13,15H2,1-4H3,(H,27,33)(H,34,35)/t17-,20?,21+,26?/m1/s1. The van der Waals surface area contributed by atoms with Crippen LogP contribution in [0.4, 0.5) is 4.79 Å². The predicted molar refractivity (Wildman–Crippen MR) is 131 cm³/mol. The van der Waals surface area contributed by atoms with Gasteiger partial charge in [0.25, 0.3) is 0 Å². The molecular formula is C26H35N3O8. The molecule has 11 nitrogen and oxygen atoms in total. The lowest BCUT2D eigenvalue weighted by molar-refractivity contribution is -0.158. The van der Waals surface area contributed by atoms with Crippen LogP contribution in [0.1, 0.15) is 50.7 Å². The van der Waals surface area contributed by atoms with Gasteiger partial charge in [0.1, 0.15) is 17.7 Å². The number of carbonyl (C=O) groups excluding carboxylic acids is 4. The summed E-state index contributed by atoms with van der Waals surface area (Å²) >= 11 is 0. The lowest BCUT2D eigenvalue weighted by Gasteiger charge is -2.40. The van der Waals surface area contributed by atoms with Gasteiger partial charge in [0.05, 0.1) is 7.11 Å². The molecule has 0 aromatic heterocycles. The molecule has 37 heavy (non-hydrogen) atoms. The smallest absolute Gasteiger partial charge is 0.407 e. The van der Waals surface area contributed by atoms with E-state index in [1.165, 1.54) is 18.7 Å². The van der Waals surface area contributed by atoms with Crippen LogP contribution < -0.4 is 5.32 Å². The minimum Gasteiger partial charge on any atom is -0.467 e. The number of nitrogens with zero attached hydrogens (tertiary/aromatic N) is 2. The van der Waals surface area contributed by atoms with Crippen molar-refractivity contribution in [3.05, 3.63) is 35.4 Å². The molecule has 2 unspecified atom stereocenters. The fourth-order valence-electron chi connectivity index (χ4n) is 5.39. The number of methoxy groups -OCH3 is 1. The topological polar surface area (TPSA) is 143 Å². The highest BCUT2D eigenvalue weighted by molar-refractivity contribution is 5.97. The second-order valence-corrected chi connectivity index (χ2v) is 9.71. The second kappa shape index (κ2) is 11.6. The summed E-state index contributed by atoms with van der Waals surface area (Å²) < 4.78 is 10.00. The number of hydrogen-bond donors (Lipinski definition) is 2. The summed E-state index contributed by atoms with van der Waals surface area (Å²) in [4.78, 5) is 66.2. The third-order valence-corrected chi connectivity index (χ3v) is 7.10. The summed E-state index contributed by atoms with van der Waals surface area (Å²) in [6, 6.07) is 5.40. The van der Waals surface area contributed by atoms with E-state index in [2.05, 4.69) is 5.32 Å². The van der Waals surface area contributed by atoms with Gasteiger partial charge in [-0.1, -0.05) is 29.8 Å². The monoisotopic (exact) mass is 517 g/mol. The zero-order valence-electron chi connectivity index (χ0n) is 21.7. The van der Waals surface area contributed by atoms with Gasteiger partial charge in [0.15, 0.2) is 6.04 Å². The Bertz CT molecular complexity index is 1060. The van der Waals surface area contributed by atoms with Crippen LogP contribution in [-0.2, 0) is 35.1 Å². The molecule has 0 aliphatic carbocycles. The Balaban J connectivity index is 2.00. The SMILES string of the molecule is COC(=O)[C@@H](NC(=O)C1(Cc2cccc(C)c2)CCCN1C(=O)C1CCCN1C(=O)O)[C@@H](C)OC(C)=O. The van der Waals surface area contributed by atoms with Gasteiger partial charge in [-0.25, -0.2) is 9.59 Å². The number of ether oxygens (including phenoxy) is 2. The van der Waals surface area contributed by atoms with Crippen LogP contribution in [0.15, 0.2) is 24.3 Å². The minimum atomic E-state index is -1.38. The fourth-order valence-corrected chi connectivity index (χ4v) is 5.39. The molecule has 2 heterocycles. The van der Waals surface area contributed by atoms with Crippen LogP contribution >= 0.6 is 0 Å². The Morgan fingerprint density at radius 2 is 1.92 bits per heavy atom. The number of carbonyl (C=O) groups is 5. The normalized spacial score (nSPS) is 22.8. The molecule has 2 fully saturated rings. The van der Waals surface area contributed by atoms with Gasteiger partial charge in [-0.3, -0.25) is 19.3 Å². The first-order chi connectivity index (χ1) is 17.5. The van der Waals surface area contributed by atoms with Crippen molar-refractivity contribution >= 4 is 29.8 Å². The van der Waals surface area contributed by atoms with Crippen molar-refractivity contribution in [3.8, 4) is 0 Å². The van der Waals surface area contributed by atoms with Crippen LogP contribution in [0.3, 0.4) is 0 Å². The molecule has 4 atom stereocenters. The molecule has 3 rings (SSSR count). The molecule has 0 spiro atoms. The zero-order valence-corrected chi connectivity index (χ0v) is 21.7. The molecule has 0 radical (unpaired) electrons. The molecule has 2 aliphatic heterocycles. The number of amides is 3. The van der Waals surface area contributed by atoms with Gasteiger partial charge in [-0.2, -0.15) is 0 Å². The summed E-state index contributed by atoms with van der Waals surface area (Å²) in [6.07, 6.45) is -0.267. The highest BCUT2D eigenvalue weighted by Gasteiger charge is 2.53. The van der Waals surface area contributed by atoms with E-state index in [1.54, 1.807) is 0 Å². The molecule has 1 aromatic rings. The Labute approximate surface area is 216 Å². The van der Waals surface area contributed by atoms with E-state index in [1.807, 2.05) is 31.2 Å². The fraction of sp³-hybridized carbons (Fsp3) is 0.577. The van der Waals surface area contributed by atoms with Gasteiger partial charge in [-0.05, 0) is 45.1 Å². The summed E-state index contributed by atoms with van der Waals surface area (Å²) in [6.45, 7) is 5.10. The van der Waals surface area contributed by atoms with Crippen LogP contribution in [0.5, 0.6) is 0 Å². The maximum Gasteiger partial charge on any atom is 0.407 e. The lowest BCUT2D eigenvalue weighted by atomic mass is 9.85. The van der Waals surface area contributed by atoms with Gasteiger partial charge in [-0.15, -0.1) is 0 Å². The average Bonchev–Trinajstić information content (AvgIpc) is 3.49. The number of likely N-dealkylation sites (tertiary alicyclic amines) is 2. The predicted octanol–water partition coefficient (Wildman–Crippen LogP) is 1.65. The Morgan fingerprint density at radius 1 is 1.19 bits per heavy atom. The molecule has 11 heteroatoms. The van der Waals surface area contributed by atoms with Gasteiger partial charge in [0.2, 0.25) is 11.8 Å². The van der Waals surface area contributed by atoms with E-state index in [4.69, 9.17) is 9.47 Å². The Hall–Kier alpha value is -3.63. The van der Waals surface area contributed by atoms with Crippen molar-refractivity contribution in [1.29, 1.82) is 0 Å². The lowest BCUT2D eigenvalue weighted by Crippen LogP contribution is -2.64. The third kappa shape index (κ3) is 6.03. The number of esters is 2. The molecule has 2 aliphatic rings. The quantitative estimate of drug-likeness (QED) is 0.496. The van der Waals surface area contributed by atoms with Crippen molar-refractivity contribution in [2.45, 2.75) is 76.6 Å². The number of hydrogen-bond acceptors (Lipinski definition) is 7. The van der Waals surface area contributed by atoms with Gasteiger partial charge >= 0.3 is 18.0 Å². The highest BCUT2D eigenvalue weighted by atomic mass is 16.6. The van der Waals surface area contributed by atoms with Crippen LogP contribution in [0.2, 0.25) is 0 Å². The molecule has 0 saturated carbocycles. The molecule has 202 valence electrons. The second-order valence-electron chi connectivity index (χ2n) is 9.71. The number of benzene rings is 1. The number of aryl methyl sites for hydroxylation is 1. The molecule has 3 amide bonds. The van der Waals surface area contributed by atoms with E-state index in [0.717, 1.165) is 23.1 Å². The van der Waals surface area contributed by atoms with Crippen LogP contribution in [-0.4, -0.2) is 88.7 Å².